The van der Waals surface area contributed by atoms with Gasteiger partial charge in [0.25, 0.3) is 5.88 Å². The molecule has 0 saturated carbocycles. The molecule has 118 valence electrons. The summed E-state index contributed by atoms with van der Waals surface area (Å²) in [5.74, 6) is 0.711. The van der Waals surface area contributed by atoms with Crippen LogP contribution in [0, 0.1) is 0 Å². The molecule has 2 heterocycles. The standard InChI is InChI=1S/C16H15N3O3S/c17-12-5-3-11(4-6-12)7-8-18-16(20)21-15-10-13(22-19-15)14-2-1-9-23-14/h1-6,9-10H,7-8,17H2,(H,18,20). The summed E-state index contributed by atoms with van der Waals surface area (Å²) in [6.07, 6.45) is 0.126. The first kappa shape index (κ1) is 15.1. The number of nitrogen functional groups attached to an aromatic ring is 1. The Morgan fingerprint density at radius 2 is 2.13 bits per heavy atom. The Bertz CT molecular complexity index is 766. The second kappa shape index (κ2) is 6.97. The summed E-state index contributed by atoms with van der Waals surface area (Å²) in [6, 6.07) is 12.9. The summed E-state index contributed by atoms with van der Waals surface area (Å²) >= 11 is 1.52. The van der Waals surface area contributed by atoms with Crippen LogP contribution in [0.5, 0.6) is 5.88 Å². The zero-order valence-corrected chi connectivity index (χ0v) is 13.0. The van der Waals surface area contributed by atoms with Gasteiger partial charge >= 0.3 is 6.09 Å². The van der Waals surface area contributed by atoms with Crippen molar-refractivity contribution in [2.75, 3.05) is 12.3 Å². The number of hydrogen-bond donors (Lipinski definition) is 2. The summed E-state index contributed by atoms with van der Waals surface area (Å²) in [5, 5.41) is 8.32. The van der Waals surface area contributed by atoms with Crippen molar-refractivity contribution in [2.45, 2.75) is 6.42 Å². The zero-order valence-electron chi connectivity index (χ0n) is 12.2. The van der Waals surface area contributed by atoms with Gasteiger partial charge in [0.05, 0.1) is 10.9 Å². The molecule has 3 aromatic rings. The number of thiophene rings is 1. The fraction of sp³-hybridized carbons (Fsp3) is 0.125. The number of rotatable bonds is 5. The average Bonchev–Trinajstić information content (AvgIpc) is 3.20. The van der Waals surface area contributed by atoms with Gasteiger partial charge in [0, 0.05) is 12.2 Å². The Balaban J connectivity index is 1.47. The van der Waals surface area contributed by atoms with E-state index in [2.05, 4.69) is 10.5 Å². The number of amides is 1. The van der Waals surface area contributed by atoms with Crippen molar-refractivity contribution >= 4 is 23.1 Å². The summed E-state index contributed by atoms with van der Waals surface area (Å²) in [7, 11) is 0. The molecule has 3 rings (SSSR count). The van der Waals surface area contributed by atoms with Crippen molar-refractivity contribution in [2.24, 2.45) is 0 Å². The Labute approximate surface area is 136 Å². The minimum atomic E-state index is -0.563. The van der Waals surface area contributed by atoms with Crippen molar-refractivity contribution in [1.29, 1.82) is 0 Å². The molecular formula is C16H15N3O3S. The van der Waals surface area contributed by atoms with Crippen LogP contribution in [0.1, 0.15) is 5.56 Å². The number of nitrogens with one attached hydrogen (secondary N) is 1. The van der Waals surface area contributed by atoms with Crippen LogP contribution in [0.3, 0.4) is 0 Å². The van der Waals surface area contributed by atoms with E-state index >= 15 is 0 Å². The highest BCUT2D eigenvalue weighted by Crippen LogP contribution is 2.27. The summed E-state index contributed by atoms with van der Waals surface area (Å²) < 4.78 is 10.2. The lowest BCUT2D eigenvalue weighted by atomic mass is 10.1. The van der Waals surface area contributed by atoms with Crippen molar-refractivity contribution in [3.63, 3.8) is 0 Å². The van der Waals surface area contributed by atoms with Gasteiger partial charge in [-0.25, -0.2) is 4.79 Å². The number of benzene rings is 1. The molecule has 0 fully saturated rings. The first-order valence-electron chi connectivity index (χ1n) is 7.01. The number of carbonyl (C=O) groups is 1. The third-order valence-electron chi connectivity index (χ3n) is 3.11. The number of anilines is 1. The molecule has 0 unspecified atom stereocenters. The maximum atomic E-state index is 11.7. The lowest BCUT2D eigenvalue weighted by molar-refractivity contribution is 0.196. The largest absolute Gasteiger partial charge is 0.414 e. The molecule has 23 heavy (non-hydrogen) atoms. The maximum absolute atomic E-state index is 11.7. The molecule has 0 aliphatic heterocycles. The molecule has 0 atom stereocenters. The van der Waals surface area contributed by atoms with Crippen LogP contribution >= 0.6 is 11.3 Å². The molecular weight excluding hydrogens is 314 g/mol. The molecule has 1 amide bonds. The smallest absolute Gasteiger partial charge is 0.399 e. The van der Waals surface area contributed by atoms with Gasteiger partial charge in [-0.15, -0.1) is 11.3 Å². The van der Waals surface area contributed by atoms with Gasteiger partial charge in [-0.05, 0) is 40.7 Å². The number of nitrogens with zero attached hydrogens (tertiary/aromatic N) is 1. The Kier molecular flexibility index (Phi) is 4.58. The van der Waals surface area contributed by atoms with Crippen molar-refractivity contribution in [3.8, 4) is 16.5 Å². The summed E-state index contributed by atoms with van der Waals surface area (Å²) in [5.41, 5.74) is 7.42. The lowest BCUT2D eigenvalue weighted by Gasteiger charge is -2.04. The molecule has 6 nitrogen and oxygen atoms in total. The highest BCUT2D eigenvalue weighted by Gasteiger charge is 2.11. The van der Waals surface area contributed by atoms with E-state index in [0.717, 1.165) is 10.4 Å². The van der Waals surface area contributed by atoms with Crippen molar-refractivity contribution in [1.82, 2.24) is 10.5 Å². The minimum absolute atomic E-state index is 0.137. The Hall–Kier alpha value is -2.80. The van der Waals surface area contributed by atoms with E-state index in [4.69, 9.17) is 15.0 Å². The third kappa shape index (κ3) is 4.10. The summed E-state index contributed by atoms with van der Waals surface area (Å²) in [4.78, 5) is 12.6. The van der Waals surface area contributed by atoms with E-state index in [1.165, 1.54) is 11.3 Å². The molecule has 2 aromatic heterocycles. The van der Waals surface area contributed by atoms with E-state index in [0.29, 0.717) is 24.4 Å². The Morgan fingerprint density at radius 3 is 2.87 bits per heavy atom. The van der Waals surface area contributed by atoms with E-state index in [1.807, 2.05) is 41.8 Å². The molecule has 3 N–H and O–H groups in total. The number of carbonyl (C=O) groups excluding carboxylic acids is 1. The van der Waals surface area contributed by atoms with Crippen LogP contribution in [-0.2, 0) is 6.42 Å². The van der Waals surface area contributed by atoms with Crippen molar-refractivity contribution < 1.29 is 14.1 Å². The number of ether oxygens (including phenoxy) is 1. The quantitative estimate of drug-likeness (QED) is 0.701. The third-order valence-corrected chi connectivity index (χ3v) is 4.00. The highest BCUT2D eigenvalue weighted by atomic mass is 32.1. The Morgan fingerprint density at radius 1 is 1.30 bits per heavy atom. The van der Waals surface area contributed by atoms with Crippen molar-refractivity contribution in [3.05, 3.63) is 53.4 Å². The number of nitrogens with two attached hydrogens (primary N) is 1. The van der Waals surface area contributed by atoms with Gasteiger partial charge in [0.15, 0.2) is 5.76 Å². The molecule has 0 aliphatic carbocycles. The van der Waals surface area contributed by atoms with Crippen LogP contribution < -0.4 is 15.8 Å². The summed E-state index contributed by atoms with van der Waals surface area (Å²) in [6.45, 7) is 0.457. The predicted octanol–water partition coefficient (Wildman–Crippen LogP) is 3.32. The normalized spacial score (nSPS) is 10.4. The average molecular weight is 329 g/mol. The second-order valence-electron chi connectivity index (χ2n) is 4.81. The van der Waals surface area contributed by atoms with Gasteiger partial charge < -0.3 is 20.3 Å². The molecule has 0 radical (unpaired) electrons. The topological polar surface area (TPSA) is 90.4 Å². The fourth-order valence-electron chi connectivity index (χ4n) is 1.97. The highest BCUT2D eigenvalue weighted by molar-refractivity contribution is 7.13. The van der Waals surface area contributed by atoms with Crippen LogP contribution in [-0.4, -0.2) is 17.8 Å². The molecule has 0 spiro atoms. The van der Waals surface area contributed by atoms with E-state index < -0.39 is 6.09 Å². The predicted molar refractivity (Wildman–Crippen MR) is 88.4 cm³/mol. The van der Waals surface area contributed by atoms with E-state index in [-0.39, 0.29) is 5.88 Å². The van der Waals surface area contributed by atoms with E-state index in [9.17, 15) is 4.79 Å². The monoisotopic (exact) mass is 329 g/mol. The zero-order chi connectivity index (χ0) is 16.1. The van der Waals surface area contributed by atoms with Gasteiger partial charge in [0.1, 0.15) is 0 Å². The molecule has 0 bridgehead atoms. The van der Waals surface area contributed by atoms with Crippen LogP contribution in [0.2, 0.25) is 0 Å². The molecule has 1 aromatic carbocycles. The number of hydrogen-bond acceptors (Lipinski definition) is 6. The first-order valence-corrected chi connectivity index (χ1v) is 7.89. The van der Waals surface area contributed by atoms with Gasteiger partial charge in [-0.3, -0.25) is 0 Å². The van der Waals surface area contributed by atoms with Gasteiger partial charge in [-0.1, -0.05) is 18.2 Å². The van der Waals surface area contributed by atoms with Gasteiger partial charge in [0.2, 0.25) is 0 Å². The number of aromatic nitrogens is 1. The fourth-order valence-corrected chi connectivity index (χ4v) is 2.64. The lowest BCUT2D eigenvalue weighted by Crippen LogP contribution is -2.28. The van der Waals surface area contributed by atoms with E-state index in [1.54, 1.807) is 6.07 Å². The molecule has 0 saturated heterocycles. The molecule has 7 heteroatoms. The SMILES string of the molecule is Nc1ccc(CCNC(=O)Oc2cc(-c3cccs3)on2)cc1. The van der Waals surface area contributed by atoms with Crippen LogP contribution in [0.25, 0.3) is 10.6 Å². The van der Waals surface area contributed by atoms with Crippen LogP contribution in [0.15, 0.2) is 52.4 Å². The molecule has 0 aliphatic rings. The second-order valence-corrected chi connectivity index (χ2v) is 5.76. The minimum Gasteiger partial charge on any atom is -0.399 e. The van der Waals surface area contributed by atoms with Crippen LogP contribution in [0.4, 0.5) is 10.5 Å². The van der Waals surface area contributed by atoms with Gasteiger partial charge in [-0.2, -0.15) is 0 Å². The first-order chi connectivity index (χ1) is 11.2. The maximum Gasteiger partial charge on any atom is 0.414 e.